The normalized spacial score (nSPS) is 25.5. The Morgan fingerprint density at radius 1 is 0.739 bits per heavy atom. The molecule has 0 spiro atoms. The van der Waals surface area contributed by atoms with Gasteiger partial charge in [0.1, 0.15) is 5.57 Å². The molecule has 1 heterocycles. The molecule has 1 aliphatic heterocycles. The lowest BCUT2D eigenvalue weighted by Crippen LogP contribution is -2.57. The molecular formula is C11H10F11N. The van der Waals surface area contributed by atoms with Crippen molar-refractivity contribution in [1.29, 1.82) is 0 Å². The van der Waals surface area contributed by atoms with E-state index >= 15 is 0 Å². The lowest BCUT2D eigenvalue weighted by Gasteiger charge is -2.42. The summed E-state index contributed by atoms with van der Waals surface area (Å²) in [6.45, 7) is -1.30. The summed E-state index contributed by atoms with van der Waals surface area (Å²) in [4.78, 5) is -0.761. The van der Waals surface area contributed by atoms with Crippen LogP contribution in [0.2, 0.25) is 0 Å². The molecule has 136 valence electrons. The quantitative estimate of drug-likeness (QED) is 0.388. The Morgan fingerprint density at radius 3 is 1.35 bits per heavy atom. The van der Waals surface area contributed by atoms with E-state index in [2.05, 4.69) is 6.58 Å². The monoisotopic (exact) mass is 365 g/mol. The molecule has 0 aliphatic carbocycles. The molecular weight excluding hydrogens is 355 g/mol. The molecule has 1 aliphatic rings. The molecule has 1 nitrogen and oxygen atoms in total. The van der Waals surface area contributed by atoms with Crippen LogP contribution in [-0.2, 0) is 0 Å². The van der Waals surface area contributed by atoms with E-state index in [0.29, 0.717) is 0 Å². The molecule has 0 saturated carbocycles. The highest BCUT2D eigenvalue weighted by Gasteiger charge is 2.59. The van der Waals surface area contributed by atoms with Crippen molar-refractivity contribution in [2.75, 3.05) is 13.1 Å². The molecule has 23 heavy (non-hydrogen) atoms. The van der Waals surface area contributed by atoms with E-state index < -0.39 is 66.4 Å². The van der Waals surface area contributed by atoms with Crippen molar-refractivity contribution in [3.05, 3.63) is 12.2 Å². The van der Waals surface area contributed by atoms with Crippen molar-refractivity contribution in [3.63, 3.8) is 0 Å². The second-order valence-corrected chi connectivity index (χ2v) is 5.14. The Balaban J connectivity index is 3.16. The fourth-order valence-electron chi connectivity index (χ4n) is 2.16. The van der Waals surface area contributed by atoms with Gasteiger partial charge in [0.2, 0.25) is 0 Å². The van der Waals surface area contributed by atoms with Crippen LogP contribution in [0.1, 0.15) is 6.42 Å². The maximum Gasteiger partial charge on any atom is 0.419 e. The van der Waals surface area contributed by atoms with Crippen molar-refractivity contribution in [3.8, 4) is 0 Å². The molecule has 0 aromatic carbocycles. The first kappa shape index (κ1) is 20.0. The number of hydrogen-bond donors (Lipinski definition) is 0. The first-order valence-corrected chi connectivity index (χ1v) is 6.00. The predicted octanol–water partition coefficient (Wildman–Crippen LogP) is 4.76. The van der Waals surface area contributed by atoms with Crippen molar-refractivity contribution >= 4 is 0 Å². The molecule has 0 bridgehead atoms. The highest BCUT2D eigenvalue weighted by Crippen LogP contribution is 2.46. The van der Waals surface area contributed by atoms with E-state index in [1.54, 1.807) is 0 Å². The van der Waals surface area contributed by atoms with E-state index in [1.807, 2.05) is 0 Å². The van der Waals surface area contributed by atoms with Gasteiger partial charge in [0.05, 0.1) is 11.8 Å². The van der Waals surface area contributed by atoms with Gasteiger partial charge in [-0.05, 0) is 6.42 Å². The Kier molecular flexibility index (Phi) is 5.02. The molecule has 2 unspecified atom stereocenters. The molecule has 0 radical (unpaired) electrons. The minimum Gasteiger partial charge on any atom is -0.239 e. The summed E-state index contributed by atoms with van der Waals surface area (Å²) >= 11 is 0. The van der Waals surface area contributed by atoms with E-state index in [4.69, 9.17) is 0 Å². The van der Waals surface area contributed by atoms with Gasteiger partial charge in [-0.25, -0.2) is 4.90 Å². The Labute approximate surface area is 122 Å². The lowest BCUT2D eigenvalue weighted by molar-refractivity contribution is -0.260. The van der Waals surface area contributed by atoms with Gasteiger partial charge >= 0.3 is 24.6 Å². The van der Waals surface area contributed by atoms with Crippen LogP contribution in [0.4, 0.5) is 48.3 Å². The summed E-state index contributed by atoms with van der Waals surface area (Å²) in [7, 11) is 0. The topological polar surface area (TPSA) is 3.24 Å². The third-order valence-corrected chi connectivity index (χ3v) is 3.48. The number of hydrogen-bond acceptors (Lipinski definition) is 1. The van der Waals surface area contributed by atoms with E-state index in [-0.39, 0.29) is 0 Å². The second-order valence-electron chi connectivity index (χ2n) is 5.14. The molecule has 2 atom stereocenters. The minimum atomic E-state index is -5.66. The van der Waals surface area contributed by atoms with Gasteiger partial charge in [-0.15, -0.1) is 0 Å². The van der Waals surface area contributed by atoms with E-state index in [1.165, 1.54) is 0 Å². The van der Waals surface area contributed by atoms with E-state index in [9.17, 15) is 48.3 Å². The number of alkyl halides is 11. The molecule has 0 N–H and O–H groups in total. The van der Waals surface area contributed by atoms with Crippen LogP contribution in [0, 0.1) is 11.8 Å². The highest BCUT2D eigenvalue weighted by atomic mass is 19.4. The van der Waals surface area contributed by atoms with Crippen molar-refractivity contribution < 1.29 is 48.3 Å². The standard InChI is InChI=1S/C11H10F11N/c1-5(8(12,13)14)11(21,22)23-3-6(9(15,16)17)2-7(4-23)10(18,19)20/h6-7H,1-4H2. The van der Waals surface area contributed by atoms with Gasteiger partial charge in [0.15, 0.2) is 0 Å². The van der Waals surface area contributed by atoms with Crippen LogP contribution in [0.15, 0.2) is 12.2 Å². The SMILES string of the molecule is C=C(C(F)(F)F)C(F)(F)N1CC(C(F)(F)F)CC(C(F)(F)F)C1. The first-order chi connectivity index (χ1) is 9.97. The number of halogens is 11. The highest BCUT2D eigenvalue weighted by molar-refractivity contribution is 5.14. The maximum absolute atomic E-state index is 13.7. The number of nitrogens with zero attached hydrogens (tertiary/aromatic N) is 1. The van der Waals surface area contributed by atoms with Crippen LogP contribution in [0.5, 0.6) is 0 Å². The van der Waals surface area contributed by atoms with Gasteiger partial charge in [0.25, 0.3) is 0 Å². The number of likely N-dealkylation sites (tertiary alicyclic amines) is 1. The van der Waals surface area contributed by atoms with Crippen LogP contribution >= 0.6 is 0 Å². The predicted molar refractivity (Wildman–Crippen MR) is 55.4 cm³/mol. The molecule has 0 aromatic rings. The summed E-state index contributed by atoms with van der Waals surface area (Å²) in [6, 6.07) is -5.08. The third kappa shape index (κ3) is 4.48. The molecule has 0 aromatic heterocycles. The summed E-state index contributed by atoms with van der Waals surface area (Å²) in [5, 5.41) is 0. The minimum absolute atomic E-state index is 0.761. The fraction of sp³-hybridized carbons (Fsp3) is 0.818. The van der Waals surface area contributed by atoms with Gasteiger partial charge in [-0.3, -0.25) is 0 Å². The van der Waals surface area contributed by atoms with Gasteiger partial charge in [-0.2, -0.15) is 48.3 Å². The summed E-state index contributed by atoms with van der Waals surface area (Å²) in [5.74, 6) is -5.65. The van der Waals surface area contributed by atoms with Crippen LogP contribution in [0.25, 0.3) is 0 Å². The van der Waals surface area contributed by atoms with Crippen LogP contribution < -0.4 is 0 Å². The van der Waals surface area contributed by atoms with E-state index in [0.717, 1.165) is 0 Å². The van der Waals surface area contributed by atoms with Gasteiger partial charge in [0, 0.05) is 13.1 Å². The number of rotatable bonds is 2. The molecule has 1 saturated heterocycles. The maximum atomic E-state index is 13.7. The Bertz CT molecular complexity index is 422. The molecule has 12 heteroatoms. The fourth-order valence-corrected chi connectivity index (χ4v) is 2.16. The zero-order valence-electron chi connectivity index (χ0n) is 11.1. The first-order valence-electron chi connectivity index (χ1n) is 6.00. The number of piperidine rings is 1. The lowest BCUT2D eigenvalue weighted by atomic mass is 9.87. The summed E-state index contributed by atoms with van der Waals surface area (Å²) in [5.41, 5.74) is -2.71. The zero-order chi connectivity index (χ0) is 18.4. The largest absolute Gasteiger partial charge is 0.419 e. The zero-order valence-corrected chi connectivity index (χ0v) is 11.1. The van der Waals surface area contributed by atoms with Crippen molar-refractivity contribution in [2.24, 2.45) is 11.8 Å². The third-order valence-electron chi connectivity index (χ3n) is 3.48. The summed E-state index contributed by atoms with van der Waals surface area (Å²) < 4.78 is 140. The smallest absolute Gasteiger partial charge is 0.239 e. The molecule has 1 fully saturated rings. The van der Waals surface area contributed by atoms with Crippen LogP contribution in [-0.4, -0.2) is 42.6 Å². The van der Waals surface area contributed by atoms with Gasteiger partial charge in [-0.1, -0.05) is 6.58 Å². The van der Waals surface area contributed by atoms with Crippen LogP contribution in [0.3, 0.4) is 0 Å². The molecule has 1 rings (SSSR count). The molecule has 0 amide bonds. The average Bonchev–Trinajstić information content (AvgIpc) is 2.34. The van der Waals surface area contributed by atoms with Crippen molar-refractivity contribution in [1.82, 2.24) is 4.90 Å². The van der Waals surface area contributed by atoms with Gasteiger partial charge < -0.3 is 0 Å². The Morgan fingerprint density at radius 2 is 1.09 bits per heavy atom. The summed E-state index contributed by atoms with van der Waals surface area (Å²) in [6.07, 6.45) is -17.7. The average molecular weight is 365 g/mol. The van der Waals surface area contributed by atoms with Crippen molar-refractivity contribution in [2.45, 2.75) is 31.0 Å². The Hall–Kier alpha value is -1.07. The second kappa shape index (κ2) is 5.78.